The Morgan fingerprint density at radius 2 is 2.05 bits per heavy atom. The minimum Gasteiger partial charge on any atom is -0.353 e. The highest BCUT2D eigenvalue weighted by Crippen LogP contribution is 2.21. The minimum absolute atomic E-state index is 0.434. The van der Waals surface area contributed by atoms with Gasteiger partial charge in [0.05, 0.1) is 5.69 Å². The molecule has 2 heterocycles. The number of likely N-dealkylation sites (tertiary alicyclic amines) is 1. The molecule has 0 radical (unpaired) electrons. The van der Waals surface area contributed by atoms with Crippen molar-refractivity contribution in [2.75, 3.05) is 25.5 Å². The predicted molar refractivity (Wildman–Crippen MR) is 80.6 cm³/mol. The second kappa shape index (κ2) is 6.42. The Morgan fingerprint density at radius 3 is 2.68 bits per heavy atom. The molecular formula is C15H28N4. The van der Waals surface area contributed by atoms with E-state index in [9.17, 15) is 0 Å². The summed E-state index contributed by atoms with van der Waals surface area (Å²) >= 11 is 0. The van der Waals surface area contributed by atoms with E-state index in [1.54, 1.807) is 0 Å². The number of hydrogen-bond acceptors (Lipinski definition) is 3. The third-order valence-corrected chi connectivity index (χ3v) is 3.93. The maximum atomic E-state index is 4.57. The quantitative estimate of drug-likeness (QED) is 0.887. The molecule has 1 aliphatic heterocycles. The molecule has 1 N–H and O–H groups in total. The van der Waals surface area contributed by atoms with Crippen LogP contribution in [0.3, 0.4) is 0 Å². The molecular weight excluding hydrogens is 236 g/mol. The van der Waals surface area contributed by atoms with Gasteiger partial charge in [-0.2, -0.15) is 0 Å². The highest BCUT2D eigenvalue weighted by Gasteiger charge is 2.17. The molecule has 4 nitrogen and oxygen atoms in total. The Balaban J connectivity index is 1.88. The van der Waals surface area contributed by atoms with Crippen molar-refractivity contribution in [2.24, 2.45) is 5.92 Å². The third kappa shape index (κ3) is 4.23. The number of nitrogens with one attached hydrogen (secondary N) is 1. The van der Waals surface area contributed by atoms with E-state index in [1.807, 2.05) is 0 Å². The van der Waals surface area contributed by atoms with E-state index in [1.165, 1.54) is 32.4 Å². The van der Waals surface area contributed by atoms with Crippen LogP contribution in [-0.4, -0.2) is 40.6 Å². The van der Waals surface area contributed by atoms with Crippen LogP contribution in [0.15, 0.2) is 6.20 Å². The lowest BCUT2D eigenvalue weighted by Crippen LogP contribution is -2.30. The monoisotopic (exact) mass is 264 g/mol. The molecule has 0 atom stereocenters. The van der Waals surface area contributed by atoms with Gasteiger partial charge < -0.3 is 14.8 Å². The number of aryl methyl sites for hydroxylation is 2. The summed E-state index contributed by atoms with van der Waals surface area (Å²) in [6.45, 7) is 9.98. The van der Waals surface area contributed by atoms with Gasteiger partial charge in [-0.1, -0.05) is 0 Å². The number of nitrogens with zero attached hydrogens (tertiary/aromatic N) is 3. The summed E-state index contributed by atoms with van der Waals surface area (Å²) in [5.41, 5.74) is 1.10. The Kier molecular flexibility index (Phi) is 4.86. The average molecular weight is 264 g/mol. The average Bonchev–Trinajstić information content (AvgIpc) is 2.68. The molecule has 0 bridgehead atoms. The lowest BCUT2D eigenvalue weighted by Gasteiger charge is -2.29. The van der Waals surface area contributed by atoms with E-state index in [2.05, 4.69) is 53.8 Å². The molecule has 0 amide bonds. The predicted octanol–water partition coefficient (Wildman–Crippen LogP) is 2.74. The van der Waals surface area contributed by atoms with E-state index >= 15 is 0 Å². The summed E-state index contributed by atoms with van der Waals surface area (Å²) in [6, 6.07) is 0.434. The van der Waals surface area contributed by atoms with Gasteiger partial charge in [-0.15, -0.1) is 0 Å². The van der Waals surface area contributed by atoms with E-state index in [0.717, 1.165) is 24.1 Å². The van der Waals surface area contributed by atoms with E-state index in [0.29, 0.717) is 6.04 Å². The van der Waals surface area contributed by atoms with Gasteiger partial charge >= 0.3 is 0 Å². The molecule has 0 unspecified atom stereocenters. The van der Waals surface area contributed by atoms with Crippen molar-refractivity contribution in [3.8, 4) is 0 Å². The summed E-state index contributed by atoms with van der Waals surface area (Å²) < 4.78 is 2.29. The van der Waals surface area contributed by atoms with Crippen LogP contribution in [0.2, 0.25) is 0 Å². The van der Waals surface area contributed by atoms with Gasteiger partial charge in [-0.05, 0) is 66.1 Å². The summed E-state index contributed by atoms with van der Waals surface area (Å²) in [7, 11) is 2.22. The molecule has 1 saturated heterocycles. The maximum Gasteiger partial charge on any atom is 0.203 e. The first kappa shape index (κ1) is 14.4. The molecule has 1 aromatic rings. The number of aromatic nitrogens is 2. The van der Waals surface area contributed by atoms with Gasteiger partial charge in [0.2, 0.25) is 5.95 Å². The second-order valence-corrected chi connectivity index (χ2v) is 6.23. The van der Waals surface area contributed by atoms with Crippen LogP contribution in [0.1, 0.15) is 38.8 Å². The zero-order valence-electron chi connectivity index (χ0n) is 12.8. The summed E-state index contributed by atoms with van der Waals surface area (Å²) in [4.78, 5) is 7.00. The highest BCUT2D eigenvalue weighted by molar-refractivity contribution is 5.29. The van der Waals surface area contributed by atoms with Crippen molar-refractivity contribution in [3.05, 3.63) is 11.9 Å². The number of imidazole rings is 1. The zero-order valence-corrected chi connectivity index (χ0v) is 12.8. The topological polar surface area (TPSA) is 33.1 Å². The van der Waals surface area contributed by atoms with Gasteiger partial charge in [-0.3, -0.25) is 0 Å². The van der Waals surface area contributed by atoms with Crippen molar-refractivity contribution in [2.45, 2.75) is 52.6 Å². The summed E-state index contributed by atoms with van der Waals surface area (Å²) in [5, 5.41) is 3.43. The maximum absolute atomic E-state index is 4.57. The minimum atomic E-state index is 0.434. The van der Waals surface area contributed by atoms with E-state index in [-0.39, 0.29) is 0 Å². The molecule has 1 aromatic heterocycles. The molecule has 0 saturated carbocycles. The van der Waals surface area contributed by atoms with Crippen LogP contribution in [0.5, 0.6) is 0 Å². The first-order valence-corrected chi connectivity index (χ1v) is 7.53. The van der Waals surface area contributed by atoms with Gasteiger partial charge in [-0.25, -0.2) is 4.98 Å². The molecule has 0 aromatic carbocycles. The third-order valence-electron chi connectivity index (χ3n) is 3.93. The molecule has 1 aliphatic rings. The lowest BCUT2D eigenvalue weighted by atomic mass is 9.94. The molecule has 108 valence electrons. The fourth-order valence-electron chi connectivity index (χ4n) is 2.76. The van der Waals surface area contributed by atoms with Crippen LogP contribution >= 0.6 is 0 Å². The second-order valence-electron chi connectivity index (χ2n) is 6.23. The van der Waals surface area contributed by atoms with Crippen LogP contribution in [0.4, 0.5) is 5.95 Å². The van der Waals surface area contributed by atoms with Crippen LogP contribution in [0.25, 0.3) is 0 Å². The standard InChI is InChI=1S/C15H28N4/c1-12(2)16-15-17-13(3)11-19(15)10-7-14-5-8-18(4)9-6-14/h11-12,14H,5-10H2,1-4H3,(H,16,17). The first-order valence-electron chi connectivity index (χ1n) is 7.53. The number of hydrogen-bond donors (Lipinski definition) is 1. The highest BCUT2D eigenvalue weighted by atomic mass is 15.2. The van der Waals surface area contributed by atoms with Gasteiger partial charge in [0, 0.05) is 18.8 Å². The fourth-order valence-corrected chi connectivity index (χ4v) is 2.76. The van der Waals surface area contributed by atoms with Gasteiger partial charge in [0.25, 0.3) is 0 Å². The SMILES string of the molecule is Cc1cn(CCC2CCN(C)CC2)c(NC(C)C)n1. The van der Waals surface area contributed by atoms with Crippen molar-refractivity contribution >= 4 is 5.95 Å². The van der Waals surface area contributed by atoms with Crippen molar-refractivity contribution in [3.63, 3.8) is 0 Å². The Bertz CT molecular complexity index is 389. The molecule has 2 rings (SSSR count). The Morgan fingerprint density at radius 1 is 1.37 bits per heavy atom. The van der Waals surface area contributed by atoms with Crippen molar-refractivity contribution in [1.82, 2.24) is 14.5 Å². The number of piperidine rings is 1. The molecule has 19 heavy (non-hydrogen) atoms. The van der Waals surface area contributed by atoms with Crippen LogP contribution in [-0.2, 0) is 6.54 Å². The normalized spacial score (nSPS) is 18.2. The number of rotatable bonds is 5. The number of anilines is 1. The molecule has 1 fully saturated rings. The van der Waals surface area contributed by atoms with Crippen molar-refractivity contribution in [1.29, 1.82) is 0 Å². The summed E-state index contributed by atoms with van der Waals surface area (Å²) in [5.74, 6) is 1.91. The molecule has 4 heteroatoms. The Hall–Kier alpha value is -1.03. The first-order chi connectivity index (χ1) is 9.04. The van der Waals surface area contributed by atoms with Crippen LogP contribution < -0.4 is 5.32 Å². The molecule has 0 aliphatic carbocycles. The lowest BCUT2D eigenvalue weighted by molar-refractivity contribution is 0.208. The Labute approximate surface area is 117 Å². The molecule has 0 spiro atoms. The van der Waals surface area contributed by atoms with E-state index in [4.69, 9.17) is 0 Å². The zero-order chi connectivity index (χ0) is 13.8. The fraction of sp³-hybridized carbons (Fsp3) is 0.800. The summed E-state index contributed by atoms with van der Waals surface area (Å²) in [6.07, 6.45) is 6.13. The largest absolute Gasteiger partial charge is 0.353 e. The van der Waals surface area contributed by atoms with E-state index < -0.39 is 0 Å². The van der Waals surface area contributed by atoms with Crippen molar-refractivity contribution < 1.29 is 0 Å². The van der Waals surface area contributed by atoms with Gasteiger partial charge in [0.15, 0.2) is 0 Å². The van der Waals surface area contributed by atoms with Gasteiger partial charge in [0.1, 0.15) is 0 Å². The smallest absolute Gasteiger partial charge is 0.203 e. The van der Waals surface area contributed by atoms with Crippen LogP contribution in [0, 0.1) is 12.8 Å².